The highest BCUT2D eigenvalue weighted by Gasteiger charge is 2.26. The van der Waals surface area contributed by atoms with E-state index in [1.165, 1.54) is 16.2 Å². The van der Waals surface area contributed by atoms with E-state index in [0.717, 1.165) is 11.6 Å². The van der Waals surface area contributed by atoms with E-state index in [1.807, 2.05) is 16.8 Å². The highest BCUT2D eigenvalue weighted by molar-refractivity contribution is 7.07. The molecule has 6 nitrogen and oxygen atoms in total. The van der Waals surface area contributed by atoms with Crippen molar-refractivity contribution in [3.05, 3.63) is 35.0 Å². The summed E-state index contributed by atoms with van der Waals surface area (Å²) in [4.78, 5) is 24.7. The van der Waals surface area contributed by atoms with Gasteiger partial charge in [0.15, 0.2) is 0 Å². The topological polar surface area (TPSA) is 89.9 Å². The SMILES string of the molecule is C=CC(=O)N(CC)CC(=O)N[C@H](Cc1ccsc1)B(O)O. The maximum Gasteiger partial charge on any atom is 0.475 e. The smallest absolute Gasteiger partial charge is 0.426 e. The first-order valence-corrected chi connectivity index (χ1v) is 7.50. The third-order valence-corrected chi connectivity index (χ3v) is 3.68. The van der Waals surface area contributed by atoms with E-state index in [1.54, 1.807) is 6.92 Å². The minimum atomic E-state index is -1.67. The van der Waals surface area contributed by atoms with E-state index in [-0.39, 0.29) is 12.5 Å². The minimum absolute atomic E-state index is 0.145. The highest BCUT2D eigenvalue weighted by Crippen LogP contribution is 2.09. The van der Waals surface area contributed by atoms with Crippen LogP contribution in [-0.4, -0.2) is 52.9 Å². The van der Waals surface area contributed by atoms with Crippen LogP contribution in [0.2, 0.25) is 0 Å². The third kappa shape index (κ3) is 5.70. The average molecular weight is 310 g/mol. The van der Waals surface area contributed by atoms with E-state index < -0.39 is 19.0 Å². The van der Waals surface area contributed by atoms with E-state index in [4.69, 9.17) is 0 Å². The predicted molar refractivity (Wildman–Crippen MR) is 82.6 cm³/mol. The standard InChI is InChI=1S/C13H19BN2O4S/c1-3-13(18)16(4-2)8-12(17)15-11(14(19)20)7-10-5-6-21-9-10/h3,5-6,9,11,19-20H,1,4,7-8H2,2H3,(H,15,17)/t11-/m1/s1. The molecule has 0 fully saturated rings. The first-order valence-electron chi connectivity index (χ1n) is 6.55. The fourth-order valence-corrected chi connectivity index (χ4v) is 2.48. The first-order chi connectivity index (χ1) is 9.97. The first kappa shape index (κ1) is 17.4. The summed E-state index contributed by atoms with van der Waals surface area (Å²) < 4.78 is 0. The number of hydrogen-bond donors (Lipinski definition) is 3. The number of likely N-dealkylation sites (N-methyl/N-ethyl adjacent to an activating group) is 1. The Hall–Kier alpha value is -1.64. The summed E-state index contributed by atoms with van der Waals surface area (Å²) in [7, 11) is -1.67. The Morgan fingerprint density at radius 2 is 2.29 bits per heavy atom. The van der Waals surface area contributed by atoms with Crippen molar-refractivity contribution in [3.8, 4) is 0 Å². The molecule has 114 valence electrons. The van der Waals surface area contributed by atoms with Gasteiger partial charge in [-0.05, 0) is 41.8 Å². The van der Waals surface area contributed by atoms with Crippen LogP contribution in [0.3, 0.4) is 0 Å². The summed E-state index contributed by atoms with van der Waals surface area (Å²) in [6.07, 6.45) is 1.45. The van der Waals surface area contributed by atoms with Gasteiger partial charge in [0.2, 0.25) is 11.8 Å². The van der Waals surface area contributed by atoms with Crippen LogP contribution in [0.25, 0.3) is 0 Å². The number of carbonyl (C=O) groups excluding carboxylic acids is 2. The van der Waals surface area contributed by atoms with E-state index >= 15 is 0 Å². The van der Waals surface area contributed by atoms with Crippen LogP contribution >= 0.6 is 11.3 Å². The van der Waals surface area contributed by atoms with Gasteiger partial charge in [-0.2, -0.15) is 11.3 Å². The Labute approximate surface area is 128 Å². The third-order valence-electron chi connectivity index (χ3n) is 2.94. The summed E-state index contributed by atoms with van der Waals surface area (Å²) in [5, 5.41) is 25.0. The molecule has 0 aliphatic heterocycles. The van der Waals surface area contributed by atoms with Crippen molar-refractivity contribution < 1.29 is 19.6 Å². The molecule has 0 radical (unpaired) electrons. The molecule has 1 aromatic rings. The minimum Gasteiger partial charge on any atom is -0.426 e. The fourth-order valence-electron chi connectivity index (χ4n) is 1.79. The van der Waals surface area contributed by atoms with Crippen molar-refractivity contribution >= 4 is 30.3 Å². The monoisotopic (exact) mass is 310 g/mol. The predicted octanol–water partition coefficient (Wildman–Crippen LogP) is -0.178. The lowest BCUT2D eigenvalue weighted by atomic mass is 9.76. The molecule has 0 saturated carbocycles. The van der Waals surface area contributed by atoms with Crippen molar-refractivity contribution in [1.82, 2.24) is 10.2 Å². The molecule has 0 aliphatic rings. The number of carbonyl (C=O) groups is 2. The van der Waals surface area contributed by atoms with Crippen LogP contribution in [0.1, 0.15) is 12.5 Å². The van der Waals surface area contributed by atoms with Crippen molar-refractivity contribution in [2.75, 3.05) is 13.1 Å². The largest absolute Gasteiger partial charge is 0.475 e. The zero-order valence-electron chi connectivity index (χ0n) is 11.9. The number of rotatable bonds is 8. The van der Waals surface area contributed by atoms with Crippen LogP contribution in [0.4, 0.5) is 0 Å². The zero-order valence-corrected chi connectivity index (χ0v) is 12.7. The number of hydrogen-bond acceptors (Lipinski definition) is 5. The van der Waals surface area contributed by atoms with Gasteiger partial charge in [0.1, 0.15) is 0 Å². The quantitative estimate of drug-likeness (QED) is 0.459. The van der Waals surface area contributed by atoms with E-state index in [9.17, 15) is 19.6 Å². The van der Waals surface area contributed by atoms with Crippen molar-refractivity contribution in [2.24, 2.45) is 0 Å². The molecule has 2 amide bonds. The maximum absolute atomic E-state index is 11.9. The highest BCUT2D eigenvalue weighted by atomic mass is 32.1. The Bertz CT molecular complexity index is 479. The molecule has 0 spiro atoms. The van der Waals surface area contributed by atoms with Gasteiger partial charge in [0.25, 0.3) is 0 Å². The molecule has 21 heavy (non-hydrogen) atoms. The van der Waals surface area contributed by atoms with Gasteiger partial charge >= 0.3 is 7.12 Å². The molecule has 0 unspecified atom stereocenters. The second-order valence-electron chi connectivity index (χ2n) is 4.48. The Morgan fingerprint density at radius 1 is 1.57 bits per heavy atom. The second-order valence-corrected chi connectivity index (χ2v) is 5.26. The molecule has 0 bridgehead atoms. The fraction of sp³-hybridized carbons (Fsp3) is 0.385. The van der Waals surface area contributed by atoms with Crippen LogP contribution in [0.5, 0.6) is 0 Å². The molecule has 0 aromatic carbocycles. The molecule has 1 heterocycles. The van der Waals surface area contributed by atoms with Gasteiger partial charge in [0, 0.05) is 6.54 Å². The van der Waals surface area contributed by atoms with Gasteiger partial charge in [-0.15, -0.1) is 0 Å². The summed E-state index contributed by atoms with van der Waals surface area (Å²) in [5.74, 6) is -1.60. The Balaban J connectivity index is 2.60. The molecule has 3 N–H and O–H groups in total. The summed E-state index contributed by atoms with van der Waals surface area (Å²) >= 11 is 1.49. The molecule has 0 aliphatic carbocycles. The van der Waals surface area contributed by atoms with Gasteiger partial charge in [-0.3, -0.25) is 9.59 Å². The van der Waals surface area contributed by atoms with Crippen molar-refractivity contribution in [2.45, 2.75) is 19.3 Å². The lowest BCUT2D eigenvalue weighted by Crippen LogP contribution is -2.51. The van der Waals surface area contributed by atoms with Crippen LogP contribution in [-0.2, 0) is 16.0 Å². The van der Waals surface area contributed by atoms with E-state index in [0.29, 0.717) is 13.0 Å². The van der Waals surface area contributed by atoms with Gasteiger partial charge in [-0.1, -0.05) is 6.58 Å². The van der Waals surface area contributed by atoms with Crippen LogP contribution in [0, 0.1) is 0 Å². The van der Waals surface area contributed by atoms with Crippen LogP contribution in [0.15, 0.2) is 29.5 Å². The lowest BCUT2D eigenvalue weighted by molar-refractivity contribution is -0.132. The van der Waals surface area contributed by atoms with Crippen molar-refractivity contribution in [3.63, 3.8) is 0 Å². The number of nitrogens with zero attached hydrogens (tertiary/aromatic N) is 1. The second kappa shape index (κ2) is 8.61. The Morgan fingerprint density at radius 3 is 2.76 bits per heavy atom. The number of nitrogens with one attached hydrogen (secondary N) is 1. The van der Waals surface area contributed by atoms with E-state index in [2.05, 4.69) is 11.9 Å². The molecule has 8 heteroatoms. The molecule has 1 atom stereocenters. The summed E-state index contributed by atoms with van der Waals surface area (Å²) in [6, 6.07) is 1.85. The zero-order chi connectivity index (χ0) is 15.8. The van der Waals surface area contributed by atoms with Crippen molar-refractivity contribution in [1.29, 1.82) is 0 Å². The number of amides is 2. The summed E-state index contributed by atoms with van der Waals surface area (Å²) in [6.45, 7) is 5.35. The lowest BCUT2D eigenvalue weighted by Gasteiger charge is -2.22. The molecule has 1 aromatic heterocycles. The summed E-state index contributed by atoms with van der Waals surface area (Å²) in [5.41, 5.74) is 0.910. The van der Waals surface area contributed by atoms with Gasteiger partial charge in [-0.25, -0.2) is 0 Å². The van der Waals surface area contributed by atoms with Gasteiger partial charge in [0.05, 0.1) is 12.5 Å². The molecule has 0 saturated heterocycles. The Kier molecular flexibility index (Phi) is 7.14. The molecular weight excluding hydrogens is 291 g/mol. The van der Waals surface area contributed by atoms with Crippen LogP contribution < -0.4 is 5.32 Å². The normalized spacial score (nSPS) is 11.6. The number of thiophene rings is 1. The average Bonchev–Trinajstić information content (AvgIpc) is 2.96. The van der Waals surface area contributed by atoms with Gasteiger partial charge < -0.3 is 20.3 Å². The maximum atomic E-state index is 11.9. The molecular formula is C13H19BN2O4S. The molecule has 1 rings (SSSR count).